The van der Waals surface area contributed by atoms with Gasteiger partial charge in [0.1, 0.15) is 40.2 Å². The summed E-state index contributed by atoms with van der Waals surface area (Å²) in [6, 6.07) is 16.9. The van der Waals surface area contributed by atoms with Gasteiger partial charge < -0.3 is 46.1 Å². The van der Waals surface area contributed by atoms with Crippen LogP contribution in [0, 0.1) is 17.7 Å². The third kappa shape index (κ3) is 23.2. The summed E-state index contributed by atoms with van der Waals surface area (Å²) in [4.78, 5) is 11.3. The number of aliphatic hydroxyl groups is 2. The number of aryl methyl sites for hydroxylation is 1. The summed E-state index contributed by atoms with van der Waals surface area (Å²) in [5, 5.41) is 48.9. The maximum atomic E-state index is 11.3. The van der Waals surface area contributed by atoms with Crippen LogP contribution in [0.4, 0.5) is 0 Å². The van der Waals surface area contributed by atoms with Crippen molar-refractivity contribution in [3.63, 3.8) is 0 Å². The number of carbonyl (C=O) groups excluding carboxylic acids is 1. The van der Waals surface area contributed by atoms with Crippen LogP contribution >= 0.6 is 0 Å². The van der Waals surface area contributed by atoms with Gasteiger partial charge in [0, 0.05) is 17.2 Å². The second kappa shape index (κ2) is 25.1. The molecule has 3 aromatic carbocycles. The molecule has 296 valence electrons. The molecule has 53 heavy (non-hydrogen) atoms. The first-order valence-electron chi connectivity index (χ1n) is 15.7. The van der Waals surface area contributed by atoms with Gasteiger partial charge in [-0.05, 0) is 93.3 Å². The lowest BCUT2D eigenvalue weighted by atomic mass is 10.1. The van der Waals surface area contributed by atoms with Crippen LogP contribution in [-0.2, 0) is 25.0 Å². The van der Waals surface area contributed by atoms with Crippen molar-refractivity contribution in [3.05, 3.63) is 82.9 Å². The third-order valence-corrected chi connectivity index (χ3v) is 7.53. The number of ether oxygens (including phenoxy) is 3. The van der Waals surface area contributed by atoms with Crippen LogP contribution in [0.3, 0.4) is 0 Å². The van der Waals surface area contributed by atoms with E-state index in [0.29, 0.717) is 29.9 Å². The van der Waals surface area contributed by atoms with E-state index >= 15 is 0 Å². The Bertz CT molecular complexity index is 1670. The largest absolute Gasteiger partial charge is 0.508 e. The first-order chi connectivity index (χ1) is 24.7. The van der Waals surface area contributed by atoms with Gasteiger partial charge in [-0.15, -0.1) is 0 Å². The van der Waals surface area contributed by atoms with Crippen LogP contribution < -0.4 is 20.9 Å². The number of esters is 1. The molecule has 0 fully saturated rings. The molecule has 18 nitrogen and oxygen atoms in total. The van der Waals surface area contributed by atoms with Gasteiger partial charge in [-0.2, -0.15) is 16.8 Å². The maximum Gasteiger partial charge on any atom is 0.342 e. The lowest BCUT2D eigenvalue weighted by molar-refractivity contribution is 0.0522. The summed E-state index contributed by atoms with van der Waals surface area (Å²) in [6.07, 6.45) is 2.90. The SMILES string of the molecule is CCOC(=O)c1c(C)cc(O)cc1O.N=C(N)c1ccc(OCCCCCOc2ccc(C(=N)N)cc2)cc1.O=S(=O)(O)CCO.O=S(=O)(O)CCO. The number of phenols is 2. The van der Waals surface area contributed by atoms with E-state index < -0.39 is 50.9 Å². The number of carbonyl (C=O) groups is 1. The van der Waals surface area contributed by atoms with E-state index in [4.69, 9.17) is 60.9 Å². The van der Waals surface area contributed by atoms with Crippen molar-refractivity contribution in [2.24, 2.45) is 11.5 Å². The maximum absolute atomic E-state index is 11.3. The van der Waals surface area contributed by atoms with Crippen LogP contribution in [0.15, 0.2) is 60.7 Å². The highest BCUT2D eigenvalue weighted by Gasteiger charge is 2.16. The zero-order valence-corrected chi connectivity index (χ0v) is 30.9. The van der Waals surface area contributed by atoms with E-state index in [-0.39, 0.29) is 35.3 Å². The van der Waals surface area contributed by atoms with E-state index in [1.165, 1.54) is 6.07 Å². The molecule has 0 atom stereocenters. The number of hydrogen-bond donors (Lipinski definition) is 10. The van der Waals surface area contributed by atoms with E-state index in [0.717, 1.165) is 36.8 Å². The van der Waals surface area contributed by atoms with Gasteiger partial charge >= 0.3 is 5.97 Å². The molecule has 20 heteroatoms. The van der Waals surface area contributed by atoms with Crippen molar-refractivity contribution in [1.29, 1.82) is 10.8 Å². The standard InChI is InChI=1S/C19H24N4O2.C10H12O4.2C2H6O4S/c20-18(21)14-4-8-16(9-5-14)24-12-2-1-3-13-25-17-10-6-15(7-11-17)19(22)23;1-3-14-10(13)9-6(2)4-7(11)5-8(9)12;2*3-1-2-7(4,5)6/h4-11H,1-3,12-13H2,(H3,20,21)(H3,22,23);4-5,11-12H,3H2,1-2H3;2*3H,1-2H2,(H,4,5,6). The zero-order chi connectivity index (χ0) is 40.6. The number of amidine groups is 2. The number of nitrogens with one attached hydrogen (secondary N) is 2. The Morgan fingerprint density at radius 1 is 0.717 bits per heavy atom. The predicted octanol–water partition coefficient (Wildman–Crippen LogP) is 2.20. The summed E-state index contributed by atoms with van der Waals surface area (Å²) in [5.74, 6) is -0.389. The van der Waals surface area contributed by atoms with Crippen LogP contribution in [0.1, 0.15) is 53.2 Å². The molecule has 0 amide bonds. The number of nitrogen functional groups attached to an aromatic ring is 2. The molecule has 0 aliphatic carbocycles. The minimum Gasteiger partial charge on any atom is -0.508 e. The summed E-state index contributed by atoms with van der Waals surface area (Å²) >= 11 is 0. The Kier molecular flexibility index (Phi) is 22.7. The number of hydrogen-bond acceptors (Lipinski definition) is 14. The molecule has 3 rings (SSSR count). The Morgan fingerprint density at radius 3 is 1.40 bits per heavy atom. The third-order valence-electron chi connectivity index (χ3n) is 6.13. The lowest BCUT2D eigenvalue weighted by Gasteiger charge is -2.08. The minimum atomic E-state index is -3.92. The predicted molar refractivity (Wildman–Crippen MR) is 197 cm³/mol. The van der Waals surface area contributed by atoms with E-state index in [1.54, 1.807) is 38.1 Å². The monoisotopic (exact) mass is 788 g/mol. The fourth-order valence-electron chi connectivity index (χ4n) is 3.67. The molecule has 0 saturated carbocycles. The molecule has 3 aromatic rings. The molecule has 12 N–H and O–H groups in total. The highest BCUT2D eigenvalue weighted by molar-refractivity contribution is 7.86. The first-order valence-corrected chi connectivity index (χ1v) is 18.9. The molecule has 0 radical (unpaired) electrons. The minimum absolute atomic E-state index is 0.0579. The van der Waals surface area contributed by atoms with Crippen LogP contribution in [0.2, 0.25) is 0 Å². The number of aromatic hydroxyl groups is 2. The van der Waals surface area contributed by atoms with Crippen LogP contribution in [0.25, 0.3) is 0 Å². The Hall–Kier alpha value is -4.99. The highest BCUT2D eigenvalue weighted by Crippen LogP contribution is 2.27. The van der Waals surface area contributed by atoms with Gasteiger partial charge in [0.2, 0.25) is 0 Å². The molecule has 0 bridgehead atoms. The van der Waals surface area contributed by atoms with Gasteiger partial charge in [-0.3, -0.25) is 19.9 Å². The molecule has 0 saturated heterocycles. The van der Waals surface area contributed by atoms with Crippen molar-refractivity contribution in [2.45, 2.75) is 33.1 Å². The number of phenolic OH excluding ortho intramolecular Hbond substituents is 2. The number of rotatable bonds is 16. The molecule has 0 aliphatic rings. The summed E-state index contributed by atoms with van der Waals surface area (Å²) in [6.45, 7) is 3.78. The zero-order valence-electron chi connectivity index (χ0n) is 29.3. The summed E-state index contributed by atoms with van der Waals surface area (Å²) < 4.78 is 70.2. The second-order valence-corrected chi connectivity index (χ2v) is 13.7. The first kappa shape index (κ1) is 48.0. The van der Waals surface area contributed by atoms with Crippen molar-refractivity contribution in [2.75, 3.05) is 44.5 Å². The van der Waals surface area contributed by atoms with Crippen molar-refractivity contribution in [1.82, 2.24) is 0 Å². The normalized spacial score (nSPS) is 10.5. The number of nitrogens with two attached hydrogens (primary N) is 2. The summed E-state index contributed by atoms with van der Waals surface area (Å²) in [5.41, 5.74) is 12.8. The van der Waals surface area contributed by atoms with Crippen molar-refractivity contribution >= 4 is 37.9 Å². The van der Waals surface area contributed by atoms with Crippen LogP contribution in [0.5, 0.6) is 23.0 Å². The molecule has 0 spiro atoms. The van der Waals surface area contributed by atoms with Gasteiger partial charge in [0.25, 0.3) is 20.2 Å². The number of unbranched alkanes of at least 4 members (excludes halogenated alkanes) is 2. The Labute approximate surface area is 308 Å². The van der Waals surface area contributed by atoms with Crippen molar-refractivity contribution < 1.29 is 65.4 Å². The van der Waals surface area contributed by atoms with E-state index in [2.05, 4.69) is 0 Å². The van der Waals surface area contributed by atoms with Crippen molar-refractivity contribution in [3.8, 4) is 23.0 Å². The topological polar surface area (TPSA) is 334 Å². The highest BCUT2D eigenvalue weighted by atomic mass is 32.2. The molecular formula is C33H48N4O14S2. The second-order valence-electron chi connectivity index (χ2n) is 10.5. The molecule has 0 heterocycles. The molecular weight excluding hydrogens is 741 g/mol. The number of aliphatic hydroxyl groups excluding tert-OH is 2. The average molecular weight is 789 g/mol. The lowest BCUT2D eigenvalue weighted by Crippen LogP contribution is -2.10. The van der Waals surface area contributed by atoms with Gasteiger partial charge in [0.05, 0.1) is 44.5 Å². The van der Waals surface area contributed by atoms with E-state index in [1.807, 2.05) is 24.3 Å². The van der Waals surface area contributed by atoms with Gasteiger partial charge in [-0.1, -0.05) is 0 Å². The Balaban J connectivity index is 0.000000805. The molecule has 0 aromatic heterocycles. The van der Waals surface area contributed by atoms with E-state index in [9.17, 15) is 26.7 Å². The fraction of sp³-hybridized carbons (Fsp3) is 0.364. The fourth-order valence-corrected chi connectivity index (χ4v) is 4.13. The smallest absolute Gasteiger partial charge is 0.342 e. The molecule has 0 unspecified atom stereocenters. The summed E-state index contributed by atoms with van der Waals surface area (Å²) in [7, 11) is -7.85. The Morgan fingerprint density at radius 2 is 1.11 bits per heavy atom. The quantitative estimate of drug-likeness (QED) is 0.0327. The van der Waals surface area contributed by atoms with Gasteiger partial charge in [-0.25, -0.2) is 4.79 Å². The van der Waals surface area contributed by atoms with Crippen LogP contribution in [-0.4, -0.2) is 109 Å². The van der Waals surface area contributed by atoms with Gasteiger partial charge in [0.15, 0.2) is 0 Å². The molecule has 0 aliphatic heterocycles. The average Bonchev–Trinajstić information content (AvgIpc) is 3.04. The number of benzene rings is 3.